The van der Waals surface area contributed by atoms with E-state index in [-0.39, 0.29) is 29.6 Å². The molecule has 5 rings (SSSR count). The Morgan fingerprint density at radius 1 is 1.09 bits per heavy atom. The molecule has 3 fully saturated rings. The normalized spacial score (nSPS) is 25.3. The van der Waals surface area contributed by atoms with Gasteiger partial charge in [-0.05, 0) is 66.9 Å². The Balaban J connectivity index is 1.32. The first-order chi connectivity index (χ1) is 22.1. The van der Waals surface area contributed by atoms with E-state index < -0.39 is 52.7 Å². The van der Waals surface area contributed by atoms with Crippen molar-refractivity contribution >= 4 is 41.3 Å². The Hall–Kier alpha value is -3.41. The van der Waals surface area contributed by atoms with E-state index >= 15 is 0 Å². The Labute approximate surface area is 282 Å². The molecule has 12 heteroatoms. The van der Waals surface area contributed by atoms with Gasteiger partial charge in [0.2, 0.25) is 17.6 Å². The second kappa shape index (κ2) is 13.6. The number of amides is 5. The van der Waals surface area contributed by atoms with E-state index in [9.17, 15) is 24.0 Å². The van der Waals surface area contributed by atoms with E-state index in [0.29, 0.717) is 12.3 Å². The predicted octanol–water partition coefficient (Wildman–Crippen LogP) is 3.72. The summed E-state index contributed by atoms with van der Waals surface area (Å²) < 4.78 is 0. The topological polar surface area (TPSA) is 164 Å². The number of fused-ring (bicyclic) bond motifs is 1. The SMILES string of the molecule is CC1(C)C2CN(C(=O)[C@@H](NC(=O)NC3(CSc4ccccn4)CCCCC3)C(C)(C)C)[C@H](C(=O)NC(CC3=CCC3)C(=O)C(N)=O)C21. The van der Waals surface area contributed by atoms with Gasteiger partial charge in [0.05, 0.1) is 10.6 Å². The van der Waals surface area contributed by atoms with Gasteiger partial charge < -0.3 is 26.6 Å². The molecule has 47 heavy (non-hydrogen) atoms. The third-order valence-electron chi connectivity index (χ3n) is 10.7. The lowest BCUT2D eigenvalue weighted by Crippen LogP contribution is -2.63. The summed E-state index contributed by atoms with van der Waals surface area (Å²) in [4.78, 5) is 72.7. The molecule has 256 valence electrons. The summed E-state index contributed by atoms with van der Waals surface area (Å²) >= 11 is 1.61. The minimum atomic E-state index is -1.10. The number of Topliss-reactive ketones (excluding diaryl/α,β-unsaturated/α-hetero) is 1. The first-order valence-corrected chi connectivity index (χ1v) is 17.9. The number of hydrogen-bond acceptors (Lipinski definition) is 7. The molecule has 1 aliphatic heterocycles. The molecule has 2 saturated carbocycles. The van der Waals surface area contributed by atoms with Gasteiger partial charge in [-0.1, -0.05) is 71.6 Å². The number of hydrogen-bond donors (Lipinski definition) is 4. The van der Waals surface area contributed by atoms with Crippen LogP contribution in [0.2, 0.25) is 0 Å². The van der Waals surface area contributed by atoms with Crippen molar-refractivity contribution in [2.75, 3.05) is 12.3 Å². The van der Waals surface area contributed by atoms with Crippen molar-refractivity contribution in [1.29, 1.82) is 0 Å². The summed E-state index contributed by atoms with van der Waals surface area (Å²) in [6.45, 7) is 10.2. The summed E-state index contributed by atoms with van der Waals surface area (Å²) in [6, 6.07) is 2.54. The zero-order chi connectivity index (χ0) is 34.1. The van der Waals surface area contributed by atoms with Crippen molar-refractivity contribution in [2.45, 2.75) is 115 Å². The fourth-order valence-corrected chi connectivity index (χ4v) is 8.74. The number of ketones is 1. The minimum absolute atomic E-state index is 0.102. The van der Waals surface area contributed by atoms with Crippen molar-refractivity contribution in [3.8, 4) is 0 Å². The van der Waals surface area contributed by atoms with Gasteiger partial charge in [0.15, 0.2) is 0 Å². The number of aromatic nitrogens is 1. The quantitative estimate of drug-likeness (QED) is 0.150. The molecule has 11 nitrogen and oxygen atoms in total. The highest BCUT2D eigenvalue weighted by Gasteiger charge is 2.70. The van der Waals surface area contributed by atoms with Crippen LogP contribution in [-0.2, 0) is 19.2 Å². The first-order valence-electron chi connectivity index (χ1n) is 16.9. The lowest BCUT2D eigenvalue weighted by molar-refractivity contribution is -0.145. The molecular formula is C35H50N6O5S. The van der Waals surface area contributed by atoms with E-state index in [4.69, 9.17) is 5.73 Å². The van der Waals surface area contributed by atoms with Gasteiger partial charge in [-0.2, -0.15) is 0 Å². The summed E-state index contributed by atoms with van der Waals surface area (Å²) in [5.41, 5.74) is 5.06. The van der Waals surface area contributed by atoms with Crippen LogP contribution < -0.4 is 21.7 Å². The van der Waals surface area contributed by atoms with Crippen molar-refractivity contribution in [3.63, 3.8) is 0 Å². The molecule has 1 aromatic rings. The predicted molar refractivity (Wildman–Crippen MR) is 180 cm³/mol. The van der Waals surface area contributed by atoms with Gasteiger partial charge in [0.1, 0.15) is 18.1 Å². The maximum Gasteiger partial charge on any atom is 0.315 e. The number of nitrogens with zero attached hydrogens (tertiary/aromatic N) is 2. The molecule has 4 aliphatic rings. The molecule has 3 aliphatic carbocycles. The van der Waals surface area contributed by atoms with Gasteiger partial charge in [0, 0.05) is 18.5 Å². The Kier molecular flexibility index (Phi) is 10.1. The van der Waals surface area contributed by atoms with E-state index in [1.54, 1.807) is 22.9 Å². The van der Waals surface area contributed by atoms with E-state index in [1.165, 1.54) is 0 Å². The monoisotopic (exact) mass is 666 g/mol. The highest BCUT2D eigenvalue weighted by atomic mass is 32.2. The number of likely N-dealkylation sites (tertiary alicyclic amines) is 1. The third kappa shape index (κ3) is 7.68. The lowest BCUT2D eigenvalue weighted by atomic mass is 9.83. The molecule has 0 bridgehead atoms. The van der Waals surface area contributed by atoms with Crippen LogP contribution in [0.3, 0.4) is 0 Å². The molecule has 1 saturated heterocycles. The van der Waals surface area contributed by atoms with Crippen LogP contribution in [0.15, 0.2) is 41.1 Å². The molecule has 0 aromatic carbocycles. The van der Waals surface area contributed by atoms with Crippen LogP contribution in [0.25, 0.3) is 0 Å². The maximum atomic E-state index is 14.4. The van der Waals surface area contributed by atoms with E-state index in [1.807, 2.05) is 45.0 Å². The first kappa shape index (κ1) is 34.9. The van der Waals surface area contributed by atoms with Crippen LogP contribution in [0, 0.1) is 22.7 Å². The summed E-state index contributed by atoms with van der Waals surface area (Å²) in [5.74, 6) is -2.10. The molecule has 2 heterocycles. The van der Waals surface area contributed by atoms with Crippen LogP contribution >= 0.6 is 11.8 Å². The van der Waals surface area contributed by atoms with Gasteiger partial charge >= 0.3 is 6.03 Å². The molecule has 5 atom stereocenters. The number of allylic oxidation sites excluding steroid dienone is 1. The Bertz CT molecular complexity index is 1420. The summed E-state index contributed by atoms with van der Waals surface area (Å²) in [5, 5.41) is 9.95. The second-order valence-corrected chi connectivity index (χ2v) is 16.5. The van der Waals surface area contributed by atoms with Crippen molar-refractivity contribution in [1.82, 2.24) is 25.8 Å². The average molecular weight is 667 g/mol. The zero-order valence-electron chi connectivity index (χ0n) is 28.3. The minimum Gasteiger partial charge on any atom is -0.363 e. The average Bonchev–Trinajstić information content (AvgIpc) is 3.31. The standard InChI is InChI=1S/C35H50N6O5S/c1-33(2,3)28(39-32(46)40-35(15-8-6-9-16-35)20-47-24-14-7-10-17-37-24)31(45)41-19-22-25(34(22,4)5)26(41)30(44)38-23(27(42)29(36)43)18-21-12-11-13-21/h7,10,12,14,17,22-23,25-26,28H,6,8-9,11,13,15-16,18-20H2,1-5H3,(H2,36,43)(H,38,44)(H2,39,40,46)/t22?,23?,25?,26-,28+/m0/s1. The summed E-state index contributed by atoms with van der Waals surface area (Å²) in [7, 11) is 0. The van der Waals surface area contributed by atoms with Gasteiger partial charge in [0.25, 0.3) is 5.91 Å². The van der Waals surface area contributed by atoms with Crippen molar-refractivity contribution in [3.05, 3.63) is 36.0 Å². The number of pyridine rings is 1. The van der Waals surface area contributed by atoms with Crippen LogP contribution in [0.5, 0.6) is 0 Å². The number of primary amides is 1. The molecular weight excluding hydrogens is 616 g/mol. The fourth-order valence-electron chi connectivity index (χ4n) is 7.65. The zero-order valence-corrected chi connectivity index (χ0v) is 29.1. The highest BCUT2D eigenvalue weighted by molar-refractivity contribution is 7.99. The number of nitrogens with two attached hydrogens (primary N) is 1. The van der Waals surface area contributed by atoms with Crippen LogP contribution in [-0.4, -0.2) is 75.4 Å². The number of carbonyl (C=O) groups is 5. The van der Waals surface area contributed by atoms with Gasteiger partial charge in [-0.25, -0.2) is 9.78 Å². The van der Waals surface area contributed by atoms with Crippen molar-refractivity contribution in [2.24, 2.45) is 28.4 Å². The van der Waals surface area contributed by atoms with Gasteiger partial charge in [-0.3, -0.25) is 19.2 Å². The number of thioether (sulfide) groups is 1. The molecule has 3 unspecified atom stereocenters. The molecule has 1 aromatic heterocycles. The highest BCUT2D eigenvalue weighted by Crippen LogP contribution is 2.65. The third-order valence-corrected chi connectivity index (χ3v) is 11.9. The molecule has 0 radical (unpaired) electrons. The number of piperidine rings is 1. The Morgan fingerprint density at radius 2 is 1.79 bits per heavy atom. The number of rotatable bonds is 12. The lowest BCUT2D eigenvalue weighted by Gasteiger charge is -2.40. The van der Waals surface area contributed by atoms with E-state index in [0.717, 1.165) is 55.5 Å². The van der Waals surface area contributed by atoms with Crippen LogP contribution in [0.4, 0.5) is 4.79 Å². The molecule has 5 amide bonds. The maximum absolute atomic E-state index is 14.4. The Morgan fingerprint density at radius 3 is 2.36 bits per heavy atom. The number of carbonyl (C=O) groups excluding carboxylic acids is 5. The number of urea groups is 1. The molecule has 0 spiro atoms. The van der Waals surface area contributed by atoms with Crippen molar-refractivity contribution < 1.29 is 24.0 Å². The second-order valence-electron chi connectivity index (χ2n) is 15.5. The van der Waals surface area contributed by atoms with Gasteiger partial charge in [-0.15, -0.1) is 11.8 Å². The van der Waals surface area contributed by atoms with Crippen LogP contribution in [0.1, 0.15) is 86.0 Å². The fraction of sp³-hybridized carbons (Fsp3) is 0.657. The summed E-state index contributed by atoms with van der Waals surface area (Å²) in [6.07, 6.45) is 10.5. The number of nitrogens with one attached hydrogen (secondary N) is 3. The smallest absolute Gasteiger partial charge is 0.315 e. The largest absolute Gasteiger partial charge is 0.363 e. The van der Waals surface area contributed by atoms with E-state index in [2.05, 4.69) is 34.8 Å². The molecule has 5 N–H and O–H groups in total.